The fourth-order valence-corrected chi connectivity index (χ4v) is 2.73. The molecule has 0 radical (unpaired) electrons. The van der Waals surface area contributed by atoms with Crippen LogP contribution < -0.4 is 5.32 Å². The standard InChI is InChI=1S/C12H19NS/c1-2-13-11(8-7-10-5-6-10)12-4-3-9-14-12/h3-4,9-11,13H,2,5-8H2,1H3. The maximum absolute atomic E-state index is 3.58. The maximum Gasteiger partial charge on any atom is 0.0414 e. The van der Waals surface area contributed by atoms with Crippen molar-refractivity contribution in [3.63, 3.8) is 0 Å². The van der Waals surface area contributed by atoms with E-state index in [1.54, 1.807) is 0 Å². The summed E-state index contributed by atoms with van der Waals surface area (Å²) in [6, 6.07) is 5.02. The average molecular weight is 209 g/mol. The molecule has 0 saturated heterocycles. The Morgan fingerprint density at radius 2 is 2.43 bits per heavy atom. The minimum absolute atomic E-state index is 0.612. The van der Waals surface area contributed by atoms with Gasteiger partial charge in [-0.3, -0.25) is 0 Å². The van der Waals surface area contributed by atoms with Gasteiger partial charge in [-0.25, -0.2) is 0 Å². The van der Waals surface area contributed by atoms with Crippen LogP contribution in [0, 0.1) is 5.92 Å². The van der Waals surface area contributed by atoms with Crippen molar-refractivity contribution in [1.82, 2.24) is 5.32 Å². The average Bonchev–Trinajstić information content (AvgIpc) is 2.86. The molecular formula is C12H19NS. The summed E-state index contributed by atoms with van der Waals surface area (Å²) in [7, 11) is 0. The highest BCUT2D eigenvalue weighted by atomic mass is 32.1. The largest absolute Gasteiger partial charge is 0.310 e. The second-order valence-corrected chi connectivity index (χ2v) is 5.13. The summed E-state index contributed by atoms with van der Waals surface area (Å²) in [4.78, 5) is 1.51. The molecule has 1 nitrogen and oxygen atoms in total. The van der Waals surface area contributed by atoms with E-state index in [0.717, 1.165) is 12.5 Å². The van der Waals surface area contributed by atoms with Crippen molar-refractivity contribution in [1.29, 1.82) is 0 Å². The van der Waals surface area contributed by atoms with Crippen LogP contribution in [0.15, 0.2) is 17.5 Å². The van der Waals surface area contributed by atoms with Crippen molar-refractivity contribution >= 4 is 11.3 Å². The topological polar surface area (TPSA) is 12.0 Å². The van der Waals surface area contributed by atoms with Crippen LogP contribution in [0.1, 0.15) is 43.5 Å². The summed E-state index contributed by atoms with van der Waals surface area (Å²) < 4.78 is 0. The van der Waals surface area contributed by atoms with Crippen molar-refractivity contribution in [3.05, 3.63) is 22.4 Å². The first kappa shape index (κ1) is 10.2. The third-order valence-corrected chi connectivity index (χ3v) is 3.88. The van der Waals surface area contributed by atoms with Crippen molar-refractivity contribution in [2.24, 2.45) is 5.92 Å². The molecule has 1 aromatic rings. The number of rotatable bonds is 6. The Labute approximate surface area is 90.5 Å². The highest BCUT2D eigenvalue weighted by Crippen LogP contribution is 2.36. The van der Waals surface area contributed by atoms with Gasteiger partial charge in [-0.1, -0.05) is 25.8 Å². The van der Waals surface area contributed by atoms with Gasteiger partial charge in [0.05, 0.1) is 0 Å². The molecule has 1 heterocycles. The van der Waals surface area contributed by atoms with E-state index < -0.39 is 0 Å². The lowest BCUT2D eigenvalue weighted by molar-refractivity contribution is 0.488. The van der Waals surface area contributed by atoms with Gasteiger partial charge in [-0.2, -0.15) is 0 Å². The van der Waals surface area contributed by atoms with Gasteiger partial charge in [0.15, 0.2) is 0 Å². The van der Waals surface area contributed by atoms with E-state index in [1.807, 2.05) is 11.3 Å². The molecule has 78 valence electrons. The molecule has 0 spiro atoms. The third-order valence-electron chi connectivity index (χ3n) is 2.90. The van der Waals surface area contributed by atoms with Crippen LogP contribution in [0.2, 0.25) is 0 Å². The molecule has 1 N–H and O–H groups in total. The Morgan fingerprint density at radius 3 is 3.00 bits per heavy atom. The molecule has 1 aromatic heterocycles. The first-order valence-electron chi connectivity index (χ1n) is 5.67. The minimum Gasteiger partial charge on any atom is -0.310 e. The fraction of sp³-hybridized carbons (Fsp3) is 0.667. The van der Waals surface area contributed by atoms with Crippen LogP contribution >= 0.6 is 11.3 Å². The molecule has 0 amide bonds. The summed E-state index contributed by atoms with van der Waals surface area (Å²) in [6.07, 6.45) is 5.68. The normalized spacial score (nSPS) is 18.4. The molecule has 1 atom stereocenters. The smallest absolute Gasteiger partial charge is 0.0414 e. The maximum atomic E-state index is 3.58. The number of hydrogen-bond acceptors (Lipinski definition) is 2. The zero-order valence-electron chi connectivity index (χ0n) is 8.83. The monoisotopic (exact) mass is 209 g/mol. The Balaban J connectivity index is 1.85. The van der Waals surface area contributed by atoms with E-state index >= 15 is 0 Å². The van der Waals surface area contributed by atoms with Gasteiger partial charge in [0, 0.05) is 10.9 Å². The van der Waals surface area contributed by atoms with Crippen LogP contribution in [0.5, 0.6) is 0 Å². The summed E-state index contributed by atoms with van der Waals surface area (Å²) in [5.41, 5.74) is 0. The van der Waals surface area contributed by atoms with E-state index in [0.29, 0.717) is 6.04 Å². The van der Waals surface area contributed by atoms with Crippen molar-refractivity contribution in [2.45, 2.75) is 38.6 Å². The van der Waals surface area contributed by atoms with Gasteiger partial charge in [-0.15, -0.1) is 11.3 Å². The predicted octanol–water partition coefficient (Wildman–Crippen LogP) is 3.59. The number of thiophene rings is 1. The summed E-state index contributed by atoms with van der Waals surface area (Å²) in [5.74, 6) is 1.05. The van der Waals surface area contributed by atoms with Gasteiger partial charge >= 0.3 is 0 Å². The SMILES string of the molecule is CCNC(CCC1CC1)c1cccs1. The van der Waals surface area contributed by atoms with Crippen molar-refractivity contribution in [2.75, 3.05) is 6.54 Å². The lowest BCUT2D eigenvalue weighted by atomic mass is 10.1. The molecule has 1 unspecified atom stereocenters. The molecule has 14 heavy (non-hydrogen) atoms. The van der Waals surface area contributed by atoms with Crippen molar-refractivity contribution < 1.29 is 0 Å². The molecule has 1 aliphatic carbocycles. The van der Waals surface area contributed by atoms with E-state index in [9.17, 15) is 0 Å². The Kier molecular flexibility index (Phi) is 3.60. The highest BCUT2D eigenvalue weighted by molar-refractivity contribution is 7.10. The first-order chi connectivity index (χ1) is 6.90. The fourth-order valence-electron chi connectivity index (χ4n) is 1.89. The summed E-state index contributed by atoms with van der Waals surface area (Å²) in [5, 5.41) is 5.76. The highest BCUT2D eigenvalue weighted by Gasteiger charge is 2.22. The predicted molar refractivity (Wildman–Crippen MR) is 62.7 cm³/mol. The van der Waals surface area contributed by atoms with Crippen molar-refractivity contribution in [3.8, 4) is 0 Å². The molecule has 0 aromatic carbocycles. The number of nitrogens with one attached hydrogen (secondary N) is 1. The summed E-state index contributed by atoms with van der Waals surface area (Å²) in [6.45, 7) is 3.27. The zero-order chi connectivity index (χ0) is 9.80. The van der Waals surface area contributed by atoms with Gasteiger partial charge in [0.25, 0.3) is 0 Å². The lowest BCUT2D eigenvalue weighted by Crippen LogP contribution is -2.20. The molecule has 2 heteroatoms. The molecule has 1 fully saturated rings. The van der Waals surface area contributed by atoms with Gasteiger partial charge in [0.1, 0.15) is 0 Å². The third kappa shape index (κ3) is 2.82. The van der Waals surface area contributed by atoms with Crippen LogP contribution in [0.3, 0.4) is 0 Å². The quantitative estimate of drug-likeness (QED) is 0.755. The lowest BCUT2D eigenvalue weighted by Gasteiger charge is -2.15. The Hall–Kier alpha value is -0.340. The number of hydrogen-bond donors (Lipinski definition) is 1. The molecule has 1 saturated carbocycles. The van der Waals surface area contributed by atoms with Gasteiger partial charge in [-0.05, 0) is 36.8 Å². The molecule has 1 aliphatic rings. The second-order valence-electron chi connectivity index (χ2n) is 4.15. The van der Waals surface area contributed by atoms with Gasteiger partial charge < -0.3 is 5.32 Å². The second kappa shape index (κ2) is 4.94. The molecule has 0 aliphatic heterocycles. The minimum atomic E-state index is 0.612. The van der Waals surface area contributed by atoms with E-state index in [-0.39, 0.29) is 0 Å². The first-order valence-corrected chi connectivity index (χ1v) is 6.55. The Morgan fingerprint density at radius 1 is 1.57 bits per heavy atom. The molecule has 0 bridgehead atoms. The van der Waals surface area contributed by atoms with Crippen LogP contribution in [-0.4, -0.2) is 6.54 Å². The summed E-state index contributed by atoms with van der Waals surface area (Å²) >= 11 is 1.88. The van der Waals surface area contributed by atoms with Crippen LogP contribution in [0.4, 0.5) is 0 Å². The van der Waals surface area contributed by atoms with E-state index in [2.05, 4.69) is 29.8 Å². The van der Waals surface area contributed by atoms with Crippen LogP contribution in [0.25, 0.3) is 0 Å². The van der Waals surface area contributed by atoms with Gasteiger partial charge in [0.2, 0.25) is 0 Å². The molecule has 2 rings (SSSR count). The zero-order valence-corrected chi connectivity index (χ0v) is 9.65. The molecular weight excluding hydrogens is 190 g/mol. The van der Waals surface area contributed by atoms with E-state index in [4.69, 9.17) is 0 Å². The van der Waals surface area contributed by atoms with Crippen LogP contribution in [-0.2, 0) is 0 Å². The van der Waals surface area contributed by atoms with E-state index in [1.165, 1.54) is 30.6 Å². The Bertz CT molecular complexity index is 251.